The molecule has 1 aromatic rings. The summed E-state index contributed by atoms with van der Waals surface area (Å²) in [5, 5.41) is 10.9. The second kappa shape index (κ2) is 17.6. The molecular weight excluding hydrogens is 578 g/mol. The number of likely N-dealkylation sites (N-methyl/N-ethyl adjacent to an activating group) is 2. The van der Waals surface area contributed by atoms with Crippen molar-refractivity contribution in [2.24, 2.45) is 23.5 Å². The van der Waals surface area contributed by atoms with Gasteiger partial charge in [0, 0.05) is 53.5 Å². The molecule has 1 aliphatic rings. The molecule has 1 heterocycles. The van der Waals surface area contributed by atoms with Crippen molar-refractivity contribution in [1.82, 2.24) is 14.7 Å². The summed E-state index contributed by atoms with van der Waals surface area (Å²) < 4.78 is 11.8. The van der Waals surface area contributed by atoms with E-state index in [-0.39, 0.29) is 53.7 Å². The Morgan fingerprint density at radius 1 is 1.07 bits per heavy atom. The Labute approximate surface area is 268 Å². The monoisotopic (exact) mass is 633 g/mol. The van der Waals surface area contributed by atoms with Gasteiger partial charge < -0.3 is 29.9 Å². The molecule has 2 rings (SSSR count). The number of carbonyl (C=O) groups is 3. The van der Waals surface area contributed by atoms with E-state index >= 15 is 0 Å². The summed E-state index contributed by atoms with van der Waals surface area (Å²) in [7, 11) is 6.61. The molecule has 3 amide bonds. The van der Waals surface area contributed by atoms with Gasteiger partial charge in [-0.25, -0.2) is 0 Å². The van der Waals surface area contributed by atoms with E-state index in [1.54, 1.807) is 50.2 Å². The number of nitro benzene ring substituents is 1. The Balaban J connectivity index is 2.14. The van der Waals surface area contributed by atoms with Crippen LogP contribution >= 0.6 is 0 Å². The number of methoxy groups -OCH3 is 2. The van der Waals surface area contributed by atoms with Crippen LogP contribution in [0.2, 0.25) is 0 Å². The number of ether oxygens (including phenoxy) is 2. The zero-order valence-electron chi connectivity index (χ0n) is 28.6. The lowest BCUT2D eigenvalue weighted by molar-refractivity contribution is -0.384. The molecule has 12 heteroatoms. The molecule has 1 saturated heterocycles. The molecule has 12 nitrogen and oxygen atoms in total. The van der Waals surface area contributed by atoms with Gasteiger partial charge in [0.2, 0.25) is 17.7 Å². The van der Waals surface area contributed by atoms with Crippen LogP contribution in [-0.2, 0) is 30.3 Å². The Hall–Kier alpha value is -3.09. The molecule has 0 spiro atoms. The molecule has 1 fully saturated rings. The van der Waals surface area contributed by atoms with Crippen LogP contribution in [0.5, 0.6) is 0 Å². The predicted molar refractivity (Wildman–Crippen MR) is 173 cm³/mol. The van der Waals surface area contributed by atoms with Crippen molar-refractivity contribution in [3.05, 3.63) is 39.9 Å². The highest BCUT2D eigenvalue weighted by molar-refractivity contribution is 5.82. The third-order valence-corrected chi connectivity index (χ3v) is 9.50. The number of hydrogen-bond donors (Lipinski definition) is 1. The Kier molecular flexibility index (Phi) is 14.9. The largest absolute Gasteiger partial charge is 0.379 e. The predicted octanol–water partition coefficient (Wildman–Crippen LogP) is 3.50. The molecule has 0 aliphatic carbocycles. The summed E-state index contributed by atoms with van der Waals surface area (Å²) >= 11 is 0. The molecule has 7 atom stereocenters. The maximum atomic E-state index is 13.9. The van der Waals surface area contributed by atoms with Crippen molar-refractivity contribution < 1.29 is 28.8 Å². The van der Waals surface area contributed by atoms with Crippen LogP contribution in [0.25, 0.3) is 0 Å². The van der Waals surface area contributed by atoms with Gasteiger partial charge in [-0.05, 0) is 36.7 Å². The normalized spacial score (nSPS) is 19.0. The second-order valence-corrected chi connectivity index (χ2v) is 12.8. The van der Waals surface area contributed by atoms with Crippen LogP contribution in [0.4, 0.5) is 5.69 Å². The maximum Gasteiger partial charge on any atom is 0.269 e. The minimum absolute atomic E-state index is 0.0254. The molecule has 45 heavy (non-hydrogen) atoms. The highest BCUT2D eigenvalue weighted by atomic mass is 16.6. The van der Waals surface area contributed by atoms with Gasteiger partial charge in [0.1, 0.15) is 0 Å². The van der Waals surface area contributed by atoms with E-state index in [0.29, 0.717) is 25.9 Å². The first-order chi connectivity index (χ1) is 21.2. The number of hydrogen-bond acceptors (Lipinski definition) is 8. The molecule has 0 saturated carbocycles. The lowest BCUT2D eigenvalue weighted by Gasteiger charge is -2.40. The first kappa shape index (κ1) is 38.1. The maximum absolute atomic E-state index is 13.9. The highest BCUT2D eigenvalue weighted by Crippen LogP contribution is 2.30. The quantitative estimate of drug-likeness (QED) is 0.202. The molecule has 1 aliphatic heterocycles. The third kappa shape index (κ3) is 9.70. The zero-order chi connectivity index (χ0) is 34.0. The van der Waals surface area contributed by atoms with Crippen molar-refractivity contribution in [2.45, 2.75) is 97.1 Å². The number of nitrogens with zero attached hydrogens (tertiary/aromatic N) is 4. The molecule has 254 valence electrons. The highest BCUT2D eigenvalue weighted by Gasteiger charge is 2.42. The Bertz CT molecular complexity index is 1130. The summed E-state index contributed by atoms with van der Waals surface area (Å²) in [4.78, 5) is 56.2. The summed E-state index contributed by atoms with van der Waals surface area (Å²) in [6, 6.07) is 5.05. The molecular formula is C33H55N5O7. The number of nitrogens with two attached hydrogens (primary N) is 1. The van der Waals surface area contributed by atoms with Gasteiger partial charge in [-0.2, -0.15) is 0 Å². The van der Waals surface area contributed by atoms with E-state index in [1.807, 2.05) is 32.6 Å². The van der Waals surface area contributed by atoms with Crippen molar-refractivity contribution in [3.8, 4) is 0 Å². The van der Waals surface area contributed by atoms with E-state index in [4.69, 9.17) is 15.2 Å². The van der Waals surface area contributed by atoms with Crippen molar-refractivity contribution in [3.63, 3.8) is 0 Å². The van der Waals surface area contributed by atoms with Gasteiger partial charge >= 0.3 is 0 Å². The first-order valence-electron chi connectivity index (χ1n) is 16.1. The number of amides is 3. The lowest BCUT2D eigenvalue weighted by Crippen LogP contribution is -2.56. The van der Waals surface area contributed by atoms with Gasteiger partial charge in [0.15, 0.2) is 0 Å². The van der Waals surface area contributed by atoms with Gasteiger partial charge in [-0.15, -0.1) is 0 Å². The van der Waals surface area contributed by atoms with E-state index in [0.717, 1.165) is 18.4 Å². The number of benzene rings is 1. The van der Waals surface area contributed by atoms with Crippen molar-refractivity contribution in [1.29, 1.82) is 0 Å². The summed E-state index contributed by atoms with van der Waals surface area (Å²) in [6.07, 6.45) is 1.89. The van der Waals surface area contributed by atoms with Crippen LogP contribution in [0.1, 0.15) is 65.9 Å². The molecule has 0 bridgehead atoms. The Morgan fingerprint density at radius 3 is 2.20 bits per heavy atom. The third-order valence-electron chi connectivity index (χ3n) is 9.50. The average molecular weight is 634 g/mol. The van der Waals surface area contributed by atoms with Gasteiger partial charge in [-0.1, -0.05) is 53.2 Å². The minimum atomic E-state index is -0.647. The van der Waals surface area contributed by atoms with E-state index < -0.39 is 29.1 Å². The van der Waals surface area contributed by atoms with Gasteiger partial charge in [0.25, 0.3) is 5.69 Å². The van der Waals surface area contributed by atoms with Crippen LogP contribution in [0.3, 0.4) is 0 Å². The van der Waals surface area contributed by atoms with Gasteiger partial charge in [0.05, 0.1) is 47.6 Å². The topological polar surface area (TPSA) is 149 Å². The van der Waals surface area contributed by atoms with Crippen molar-refractivity contribution in [2.75, 3.05) is 41.4 Å². The Morgan fingerprint density at radius 2 is 1.69 bits per heavy atom. The van der Waals surface area contributed by atoms with Crippen LogP contribution in [0.15, 0.2) is 24.3 Å². The zero-order valence-corrected chi connectivity index (χ0v) is 28.6. The number of rotatable bonds is 17. The number of carbonyl (C=O) groups excluding carboxylic acids is 3. The SMILES string of the molecule is CC[C@H](C)[C@@H]([C@@H](CC(=O)N1CCC[C@H]1[C@H](OC)[C@@H](C)C(=O)N(C)CCc1ccc([N+](=O)[O-])cc1)OC)N(C)C(=O)[C@@H](N)C(C)C. The van der Waals surface area contributed by atoms with Crippen LogP contribution in [0, 0.1) is 27.9 Å². The van der Waals surface area contributed by atoms with Crippen LogP contribution in [-0.4, -0.2) is 109 Å². The van der Waals surface area contributed by atoms with E-state index in [9.17, 15) is 24.5 Å². The van der Waals surface area contributed by atoms with E-state index in [1.165, 1.54) is 12.1 Å². The van der Waals surface area contributed by atoms with Crippen LogP contribution < -0.4 is 5.73 Å². The second-order valence-electron chi connectivity index (χ2n) is 12.8. The summed E-state index contributed by atoms with van der Waals surface area (Å²) in [6.45, 7) is 10.7. The lowest BCUT2D eigenvalue weighted by atomic mass is 9.89. The van der Waals surface area contributed by atoms with Crippen molar-refractivity contribution >= 4 is 23.4 Å². The molecule has 1 aromatic carbocycles. The fourth-order valence-corrected chi connectivity index (χ4v) is 6.36. The first-order valence-corrected chi connectivity index (χ1v) is 16.1. The van der Waals surface area contributed by atoms with E-state index in [2.05, 4.69) is 6.92 Å². The molecule has 2 N–H and O–H groups in total. The fraction of sp³-hybridized carbons (Fsp3) is 0.727. The summed E-state index contributed by atoms with van der Waals surface area (Å²) in [5.41, 5.74) is 7.13. The minimum Gasteiger partial charge on any atom is -0.379 e. The summed E-state index contributed by atoms with van der Waals surface area (Å²) in [5.74, 6) is -0.842. The number of likely N-dealkylation sites (tertiary alicyclic amines) is 1. The number of non-ortho nitro benzene ring substituents is 1. The number of nitro groups is 1. The standard InChI is InChI=1S/C33H55N5O7/c1-10-22(4)30(36(7)33(41)29(34)21(2)3)27(44-8)20-28(39)37-18-11-12-26(37)31(45-9)23(5)32(40)35(6)19-17-24-13-15-25(16-14-24)38(42)43/h13-16,21-23,26-27,29-31H,10-12,17-20,34H2,1-9H3/t22-,23+,26-,27+,29-,30-,31+/m0/s1. The molecule has 0 aromatic heterocycles. The smallest absolute Gasteiger partial charge is 0.269 e. The average Bonchev–Trinajstić information content (AvgIpc) is 3.51. The van der Waals surface area contributed by atoms with Gasteiger partial charge in [-0.3, -0.25) is 24.5 Å². The molecule has 0 unspecified atom stereocenters. The fourth-order valence-electron chi connectivity index (χ4n) is 6.36. The molecule has 0 radical (unpaired) electrons.